The fourth-order valence-corrected chi connectivity index (χ4v) is 3.93. The van der Waals surface area contributed by atoms with Crippen LogP contribution in [0.4, 0.5) is 0 Å². The highest BCUT2D eigenvalue weighted by Crippen LogP contribution is 2.38. The highest BCUT2D eigenvalue weighted by molar-refractivity contribution is 7.08. The van der Waals surface area contributed by atoms with Crippen molar-refractivity contribution >= 4 is 11.3 Å². The van der Waals surface area contributed by atoms with E-state index in [4.69, 9.17) is 10.3 Å². The van der Waals surface area contributed by atoms with Gasteiger partial charge in [0.2, 0.25) is 11.7 Å². The predicted octanol–water partition coefficient (Wildman–Crippen LogP) is 3.56. The maximum Gasteiger partial charge on any atom is 0.227 e. The molecular weight excluding hydrogens is 270 g/mol. The molecular formula is C15H21N3OS. The van der Waals surface area contributed by atoms with Crippen molar-refractivity contribution in [1.29, 1.82) is 0 Å². The zero-order valence-electron chi connectivity index (χ0n) is 11.9. The molecule has 1 saturated carbocycles. The monoisotopic (exact) mass is 291 g/mol. The lowest BCUT2D eigenvalue weighted by atomic mass is 9.72. The molecule has 5 heteroatoms. The van der Waals surface area contributed by atoms with Crippen molar-refractivity contribution in [3.05, 3.63) is 22.2 Å². The van der Waals surface area contributed by atoms with Crippen molar-refractivity contribution in [2.75, 3.05) is 6.54 Å². The van der Waals surface area contributed by atoms with Gasteiger partial charge in [-0.1, -0.05) is 24.4 Å². The number of nitrogens with two attached hydrogens (primary N) is 1. The minimum atomic E-state index is 0.172. The van der Waals surface area contributed by atoms with E-state index in [-0.39, 0.29) is 5.41 Å². The van der Waals surface area contributed by atoms with E-state index in [9.17, 15) is 0 Å². The summed E-state index contributed by atoms with van der Waals surface area (Å²) >= 11 is 1.67. The zero-order chi connectivity index (χ0) is 14.0. The van der Waals surface area contributed by atoms with Crippen LogP contribution in [0.5, 0.6) is 0 Å². The fraction of sp³-hybridized carbons (Fsp3) is 0.600. The molecule has 0 aliphatic heterocycles. The van der Waals surface area contributed by atoms with Crippen molar-refractivity contribution < 1.29 is 4.52 Å². The third-order valence-electron chi connectivity index (χ3n) is 4.44. The van der Waals surface area contributed by atoms with Crippen molar-refractivity contribution in [2.24, 2.45) is 11.1 Å². The summed E-state index contributed by atoms with van der Waals surface area (Å²) in [7, 11) is 0. The lowest BCUT2D eigenvalue weighted by Gasteiger charge is -2.34. The Morgan fingerprint density at radius 3 is 2.75 bits per heavy atom. The summed E-state index contributed by atoms with van der Waals surface area (Å²) in [5.41, 5.74) is 8.48. The van der Waals surface area contributed by atoms with Crippen molar-refractivity contribution in [3.8, 4) is 11.4 Å². The van der Waals surface area contributed by atoms with Crippen molar-refractivity contribution in [3.63, 3.8) is 0 Å². The van der Waals surface area contributed by atoms with Crippen LogP contribution in [-0.4, -0.2) is 16.7 Å². The lowest BCUT2D eigenvalue weighted by Crippen LogP contribution is -2.35. The molecule has 4 nitrogen and oxygen atoms in total. The van der Waals surface area contributed by atoms with E-state index < -0.39 is 0 Å². The van der Waals surface area contributed by atoms with E-state index in [0.717, 1.165) is 17.9 Å². The third-order valence-corrected chi connectivity index (χ3v) is 5.30. The molecule has 1 aliphatic carbocycles. The molecule has 0 bridgehead atoms. The van der Waals surface area contributed by atoms with Gasteiger partial charge >= 0.3 is 0 Å². The smallest absolute Gasteiger partial charge is 0.227 e. The van der Waals surface area contributed by atoms with Gasteiger partial charge in [-0.25, -0.2) is 0 Å². The molecule has 0 radical (unpaired) electrons. The number of hydrogen-bond acceptors (Lipinski definition) is 5. The largest absolute Gasteiger partial charge is 0.339 e. The number of rotatable bonds is 4. The standard InChI is InChI=1S/C15H21N3OS/c1-11-8-20-9-12(11)14-17-13(19-18-14)7-15(10-16)5-3-2-4-6-15/h8-9H,2-7,10,16H2,1H3. The number of aryl methyl sites for hydroxylation is 1. The molecule has 0 spiro atoms. The molecule has 1 fully saturated rings. The van der Waals surface area contributed by atoms with E-state index in [1.165, 1.54) is 37.7 Å². The van der Waals surface area contributed by atoms with Gasteiger partial charge in [-0.15, -0.1) is 0 Å². The van der Waals surface area contributed by atoms with Crippen LogP contribution in [0.1, 0.15) is 43.6 Å². The first-order chi connectivity index (χ1) is 9.72. The molecule has 0 aromatic carbocycles. The number of hydrogen-bond donors (Lipinski definition) is 1. The molecule has 0 unspecified atom stereocenters. The van der Waals surface area contributed by atoms with Gasteiger partial charge in [0, 0.05) is 17.4 Å². The van der Waals surface area contributed by atoms with E-state index in [1.54, 1.807) is 11.3 Å². The Hall–Kier alpha value is -1.20. The summed E-state index contributed by atoms with van der Waals surface area (Å²) < 4.78 is 5.46. The Kier molecular flexibility index (Phi) is 3.89. The first kappa shape index (κ1) is 13.8. The van der Waals surface area contributed by atoms with Gasteiger partial charge in [-0.2, -0.15) is 16.3 Å². The molecule has 2 heterocycles. The minimum absolute atomic E-state index is 0.172. The van der Waals surface area contributed by atoms with Crippen LogP contribution in [-0.2, 0) is 6.42 Å². The average Bonchev–Trinajstić information content (AvgIpc) is 3.08. The Morgan fingerprint density at radius 1 is 1.30 bits per heavy atom. The highest BCUT2D eigenvalue weighted by atomic mass is 32.1. The molecule has 0 saturated heterocycles. The quantitative estimate of drug-likeness (QED) is 0.935. The fourth-order valence-electron chi connectivity index (χ4n) is 3.10. The lowest BCUT2D eigenvalue weighted by molar-refractivity contribution is 0.177. The van der Waals surface area contributed by atoms with Gasteiger partial charge in [-0.05, 0) is 42.7 Å². The van der Waals surface area contributed by atoms with Gasteiger partial charge in [-0.3, -0.25) is 0 Å². The molecule has 2 aromatic heterocycles. The molecule has 3 rings (SSSR count). The minimum Gasteiger partial charge on any atom is -0.339 e. The highest BCUT2D eigenvalue weighted by Gasteiger charge is 2.33. The molecule has 0 atom stereocenters. The van der Waals surface area contributed by atoms with Crippen LogP contribution in [0.15, 0.2) is 15.3 Å². The van der Waals surface area contributed by atoms with Crippen molar-refractivity contribution in [1.82, 2.24) is 10.1 Å². The van der Waals surface area contributed by atoms with Gasteiger partial charge in [0.15, 0.2) is 0 Å². The Bertz CT molecular complexity index is 569. The Morgan fingerprint density at radius 2 is 2.10 bits per heavy atom. The van der Waals surface area contributed by atoms with E-state index >= 15 is 0 Å². The number of thiophene rings is 1. The average molecular weight is 291 g/mol. The van der Waals surface area contributed by atoms with Gasteiger partial charge < -0.3 is 10.3 Å². The summed E-state index contributed by atoms with van der Waals surface area (Å²) in [5.74, 6) is 1.44. The maximum absolute atomic E-state index is 6.02. The molecule has 20 heavy (non-hydrogen) atoms. The zero-order valence-corrected chi connectivity index (χ0v) is 12.7. The first-order valence-corrected chi connectivity index (χ1v) is 8.23. The second-order valence-corrected chi connectivity index (χ2v) is 6.67. The maximum atomic E-state index is 6.02. The van der Waals surface area contributed by atoms with E-state index in [2.05, 4.69) is 27.8 Å². The van der Waals surface area contributed by atoms with Gasteiger partial charge in [0.25, 0.3) is 0 Å². The van der Waals surface area contributed by atoms with Crippen LogP contribution in [0.3, 0.4) is 0 Å². The molecule has 0 amide bonds. The van der Waals surface area contributed by atoms with Crippen LogP contribution in [0.25, 0.3) is 11.4 Å². The summed E-state index contributed by atoms with van der Waals surface area (Å²) in [4.78, 5) is 4.57. The Labute approximate surface area is 123 Å². The van der Waals surface area contributed by atoms with Crippen molar-refractivity contribution in [2.45, 2.75) is 45.4 Å². The molecule has 108 valence electrons. The summed E-state index contributed by atoms with van der Waals surface area (Å²) in [6.07, 6.45) is 7.03. The van der Waals surface area contributed by atoms with Gasteiger partial charge in [0.1, 0.15) is 0 Å². The van der Waals surface area contributed by atoms with E-state index in [0.29, 0.717) is 12.4 Å². The predicted molar refractivity (Wildman–Crippen MR) is 80.6 cm³/mol. The second kappa shape index (κ2) is 5.66. The molecule has 2 aromatic rings. The van der Waals surface area contributed by atoms with Crippen LogP contribution >= 0.6 is 11.3 Å². The first-order valence-electron chi connectivity index (χ1n) is 7.28. The van der Waals surface area contributed by atoms with Crippen LogP contribution in [0.2, 0.25) is 0 Å². The van der Waals surface area contributed by atoms with Crippen LogP contribution in [0, 0.1) is 12.3 Å². The number of aromatic nitrogens is 2. The second-order valence-electron chi connectivity index (χ2n) is 5.92. The third kappa shape index (κ3) is 2.65. The number of nitrogens with zero attached hydrogens (tertiary/aromatic N) is 2. The molecule has 1 aliphatic rings. The SMILES string of the molecule is Cc1cscc1-c1noc(CC2(CN)CCCCC2)n1. The van der Waals surface area contributed by atoms with Gasteiger partial charge in [0.05, 0.1) is 0 Å². The summed E-state index contributed by atoms with van der Waals surface area (Å²) in [5, 5.41) is 8.31. The Balaban J connectivity index is 1.78. The molecule has 2 N–H and O–H groups in total. The van der Waals surface area contributed by atoms with Crippen LogP contribution < -0.4 is 5.73 Å². The topological polar surface area (TPSA) is 64.9 Å². The summed E-state index contributed by atoms with van der Waals surface area (Å²) in [6, 6.07) is 0. The normalized spacial score (nSPS) is 18.3. The van der Waals surface area contributed by atoms with E-state index in [1.807, 2.05) is 0 Å². The summed E-state index contributed by atoms with van der Waals surface area (Å²) in [6.45, 7) is 2.78.